The number of halogens is 4. The molecule has 0 bridgehead atoms. The molecule has 0 radical (unpaired) electrons. The number of benzene rings is 1. The summed E-state index contributed by atoms with van der Waals surface area (Å²) in [5, 5.41) is 16.4. The SMILES string of the molecule is CC(C(=O)NCC(F)(F)F)c1cc(F)c(NC(=O)[C@@H](NC(=O)OC(C)(C)C)C(C2CC2)C2CC2)cc1C#N. The average Bonchev–Trinajstić information content (AvgIpc) is 3.71. The fourth-order valence-electron chi connectivity index (χ4n) is 4.49. The van der Waals surface area contributed by atoms with Gasteiger partial charge in [-0.3, -0.25) is 9.59 Å². The first-order valence-electron chi connectivity index (χ1n) is 12.5. The van der Waals surface area contributed by atoms with Gasteiger partial charge in [0.05, 0.1) is 23.2 Å². The molecule has 3 amide bonds. The fourth-order valence-corrected chi connectivity index (χ4v) is 4.49. The number of hydrogen-bond acceptors (Lipinski definition) is 5. The molecule has 12 heteroatoms. The van der Waals surface area contributed by atoms with Crippen LogP contribution < -0.4 is 16.0 Å². The van der Waals surface area contributed by atoms with Crippen LogP contribution in [-0.4, -0.2) is 42.3 Å². The van der Waals surface area contributed by atoms with Crippen LogP contribution in [0.1, 0.15) is 70.4 Å². The van der Waals surface area contributed by atoms with Crippen molar-refractivity contribution in [1.82, 2.24) is 10.6 Å². The topological polar surface area (TPSA) is 120 Å². The second-order valence-corrected chi connectivity index (χ2v) is 11.0. The van der Waals surface area contributed by atoms with E-state index in [1.165, 1.54) is 6.92 Å². The number of ether oxygens (including phenoxy) is 1. The third kappa shape index (κ3) is 8.07. The summed E-state index contributed by atoms with van der Waals surface area (Å²) >= 11 is 0. The van der Waals surface area contributed by atoms with Gasteiger partial charge >= 0.3 is 12.3 Å². The van der Waals surface area contributed by atoms with E-state index in [1.54, 1.807) is 32.2 Å². The summed E-state index contributed by atoms with van der Waals surface area (Å²) in [6.45, 7) is 4.74. The van der Waals surface area contributed by atoms with Gasteiger partial charge in [-0.25, -0.2) is 9.18 Å². The molecule has 2 atom stereocenters. The van der Waals surface area contributed by atoms with Crippen LogP contribution in [-0.2, 0) is 14.3 Å². The van der Waals surface area contributed by atoms with Crippen LogP contribution in [0.25, 0.3) is 0 Å². The Morgan fingerprint density at radius 1 is 1.08 bits per heavy atom. The summed E-state index contributed by atoms with van der Waals surface area (Å²) in [4.78, 5) is 38.1. The lowest BCUT2D eigenvalue weighted by atomic mass is 9.88. The zero-order chi connectivity index (χ0) is 28.4. The third-order valence-corrected chi connectivity index (χ3v) is 6.51. The second-order valence-electron chi connectivity index (χ2n) is 11.0. The number of carbonyl (C=O) groups is 3. The van der Waals surface area contributed by atoms with E-state index in [0.717, 1.165) is 37.8 Å². The van der Waals surface area contributed by atoms with E-state index in [1.807, 2.05) is 0 Å². The smallest absolute Gasteiger partial charge is 0.408 e. The second kappa shape index (κ2) is 11.2. The van der Waals surface area contributed by atoms with Gasteiger partial charge in [-0.1, -0.05) is 0 Å². The Balaban J connectivity index is 1.82. The van der Waals surface area contributed by atoms with Crippen LogP contribution in [0.2, 0.25) is 0 Å². The highest BCUT2D eigenvalue weighted by Gasteiger charge is 2.48. The van der Waals surface area contributed by atoms with Crippen LogP contribution in [0.3, 0.4) is 0 Å². The van der Waals surface area contributed by atoms with E-state index in [4.69, 9.17) is 4.74 Å². The van der Waals surface area contributed by atoms with Gasteiger partial charge in [0.1, 0.15) is 24.0 Å². The largest absolute Gasteiger partial charge is 0.444 e. The number of rotatable bonds is 9. The molecule has 208 valence electrons. The van der Waals surface area contributed by atoms with E-state index >= 15 is 4.39 Å². The van der Waals surface area contributed by atoms with Crippen molar-refractivity contribution in [2.24, 2.45) is 17.8 Å². The van der Waals surface area contributed by atoms with Crippen molar-refractivity contribution in [1.29, 1.82) is 5.26 Å². The molecule has 2 aliphatic carbocycles. The summed E-state index contributed by atoms with van der Waals surface area (Å²) in [5.41, 5.74) is -1.46. The zero-order valence-corrected chi connectivity index (χ0v) is 21.7. The Morgan fingerprint density at radius 3 is 2.13 bits per heavy atom. The minimum atomic E-state index is -4.63. The fraction of sp³-hybridized carbons (Fsp3) is 0.615. The molecule has 2 aliphatic rings. The number of alkyl halides is 3. The molecule has 8 nitrogen and oxygen atoms in total. The molecule has 0 aromatic heterocycles. The average molecular weight is 541 g/mol. The number of hydrogen-bond donors (Lipinski definition) is 3. The molecular formula is C26H32F4N4O4. The maximum atomic E-state index is 15.1. The van der Waals surface area contributed by atoms with Crippen LogP contribution in [0.4, 0.5) is 28.0 Å². The van der Waals surface area contributed by atoms with E-state index < -0.39 is 54.0 Å². The van der Waals surface area contributed by atoms with Gasteiger partial charge in [0.25, 0.3) is 0 Å². The van der Waals surface area contributed by atoms with E-state index in [9.17, 15) is 32.8 Å². The number of nitrogens with one attached hydrogen (secondary N) is 3. The summed E-state index contributed by atoms with van der Waals surface area (Å²) in [6.07, 6.45) is -1.76. The van der Waals surface area contributed by atoms with Crippen molar-refractivity contribution in [3.8, 4) is 6.07 Å². The highest BCUT2D eigenvalue weighted by molar-refractivity contribution is 5.97. The predicted molar refractivity (Wildman–Crippen MR) is 129 cm³/mol. The van der Waals surface area contributed by atoms with Gasteiger partial charge in [0.2, 0.25) is 11.8 Å². The normalized spacial score (nSPS) is 17.3. The Bertz CT molecular complexity index is 1110. The molecule has 0 saturated heterocycles. The van der Waals surface area contributed by atoms with Gasteiger partial charge in [0, 0.05) is 0 Å². The molecule has 3 rings (SSSR count). The molecule has 1 unspecified atom stereocenters. The maximum absolute atomic E-state index is 15.1. The quantitative estimate of drug-likeness (QED) is 0.391. The molecular weight excluding hydrogens is 508 g/mol. The Morgan fingerprint density at radius 2 is 1.66 bits per heavy atom. The highest BCUT2D eigenvalue weighted by Crippen LogP contribution is 2.51. The monoisotopic (exact) mass is 540 g/mol. The minimum absolute atomic E-state index is 0.125. The lowest BCUT2D eigenvalue weighted by Crippen LogP contribution is -2.51. The van der Waals surface area contributed by atoms with Gasteiger partial charge in [-0.15, -0.1) is 0 Å². The molecule has 0 aliphatic heterocycles. The molecule has 2 fully saturated rings. The molecule has 3 N–H and O–H groups in total. The summed E-state index contributed by atoms with van der Waals surface area (Å²) in [5.74, 6) is -3.62. The van der Waals surface area contributed by atoms with Gasteiger partial charge in [0.15, 0.2) is 0 Å². The number of carbonyl (C=O) groups excluding carboxylic acids is 3. The zero-order valence-electron chi connectivity index (χ0n) is 21.7. The minimum Gasteiger partial charge on any atom is -0.444 e. The van der Waals surface area contributed by atoms with Gasteiger partial charge < -0.3 is 20.7 Å². The van der Waals surface area contributed by atoms with Gasteiger partial charge in [-0.05, 0) is 88.8 Å². The number of nitriles is 1. The van der Waals surface area contributed by atoms with Crippen molar-refractivity contribution in [3.05, 3.63) is 29.1 Å². The van der Waals surface area contributed by atoms with Crippen molar-refractivity contribution in [2.45, 2.75) is 77.1 Å². The summed E-state index contributed by atoms with van der Waals surface area (Å²) in [6, 6.07) is 2.68. The van der Waals surface area contributed by atoms with Crippen LogP contribution in [0.5, 0.6) is 0 Å². The first-order valence-corrected chi connectivity index (χ1v) is 12.5. The molecule has 1 aromatic rings. The Kier molecular flexibility index (Phi) is 8.58. The van der Waals surface area contributed by atoms with Crippen LogP contribution in [0.15, 0.2) is 12.1 Å². The summed E-state index contributed by atoms with van der Waals surface area (Å²) in [7, 11) is 0. The predicted octanol–water partition coefficient (Wildman–Crippen LogP) is 4.75. The summed E-state index contributed by atoms with van der Waals surface area (Å²) < 4.78 is 57.8. The van der Waals surface area contributed by atoms with Crippen molar-refractivity contribution in [3.63, 3.8) is 0 Å². The van der Waals surface area contributed by atoms with Crippen LogP contribution in [0, 0.1) is 34.9 Å². The van der Waals surface area contributed by atoms with Crippen molar-refractivity contribution >= 4 is 23.6 Å². The Hall–Kier alpha value is -3.36. The number of amides is 3. The standard InChI is InChI=1S/C26H32F4N4O4/c1-13(22(35)32-12-26(28,29)30)17-10-18(27)19(9-16(17)11-31)33-23(36)21(34-24(37)38-25(2,3)4)20(14-5-6-14)15-7-8-15/h9-10,13-15,20-21H,5-8,12H2,1-4H3,(H,32,35)(H,33,36)(H,34,37)/t13?,21-/m0/s1. The van der Waals surface area contributed by atoms with E-state index in [-0.39, 0.29) is 34.6 Å². The lowest BCUT2D eigenvalue weighted by Gasteiger charge is -2.29. The van der Waals surface area contributed by atoms with Crippen molar-refractivity contribution < 1.29 is 36.7 Å². The van der Waals surface area contributed by atoms with Gasteiger partial charge in [-0.2, -0.15) is 18.4 Å². The molecule has 2 saturated carbocycles. The van der Waals surface area contributed by atoms with E-state index in [0.29, 0.717) is 0 Å². The first-order chi connectivity index (χ1) is 17.6. The Labute approximate surface area is 218 Å². The lowest BCUT2D eigenvalue weighted by molar-refractivity contribution is -0.139. The highest BCUT2D eigenvalue weighted by atomic mass is 19.4. The number of anilines is 1. The van der Waals surface area contributed by atoms with Crippen molar-refractivity contribution in [2.75, 3.05) is 11.9 Å². The number of alkyl carbamates (subject to hydrolysis) is 1. The third-order valence-electron chi connectivity index (χ3n) is 6.51. The molecule has 0 spiro atoms. The maximum Gasteiger partial charge on any atom is 0.408 e. The first kappa shape index (κ1) is 29.2. The molecule has 38 heavy (non-hydrogen) atoms. The molecule has 1 aromatic carbocycles. The number of nitrogens with zero attached hydrogens (tertiary/aromatic N) is 1. The van der Waals surface area contributed by atoms with Crippen LogP contribution >= 0.6 is 0 Å². The molecule has 0 heterocycles. The van der Waals surface area contributed by atoms with E-state index in [2.05, 4.69) is 10.6 Å².